The van der Waals surface area contributed by atoms with Crippen LogP contribution in [0.25, 0.3) is 0 Å². The second kappa shape index (κ2) is 3.18. The summed E-state index contributed by atoms with van der Waals surface area (Å²) in [7, 11) is 0. The van der Waals surface area contributed by atoms with E-state index in [9.17, 15) is 0 Å². The van der Waals surface area contributed by atoms with Gasteiger partial charge in [0.2, 0.25) is 0 Å². The third-order valence-corrected chi connectivity index (χ3v) is 2.18. The molecule has 4 nitrogen and oxygen atoms in total. The van der Waals surface area contributed by atoms with E-state index in [1.807, 2.05) is 24.3 Å². The van der Waals surface area contributed by atoms with Crippen LogP contribution in [0.1, 0.15) is 0 Å². The fourth-order valence-electron chi connectivity index (χ4n) is 1.02. The third kappa shape index (κ3) is 1.55. The average molecular weight is 239 g/mol. The molecule has 1 aliphatic rings. The Hall–Kier alpha value is -1.36. The maximum absolute atomic E-state index is 3.75. The summed E-state index contributed by atoms with van der Waals surface area (Å²) in [4.78, 5) is 0. The first-order chi connectivity index (χ1) is 6.27. The van der Waals surface area contributed by atoms with Crippen LogP contribution >= 0.6 is 15.9 Å². The van der Waals surface area contributed by atoms with Gasteiger partial charge in [-0.1, -0.05) is 27.7 Å². The second-order valence-corrected chi connectivity index (χ2v) is 3.44. The summed E-state index contributed by atoms with van der Waals surface area (Å²) in [6.45, 7) is 3.73. The molecule has 0 aliphatic carbocycles. The molecule has 1 aliphatic heterocycles. The van der Waals surface area contributed by atoms with Crippen molar-refractivity contribution in [3.63, 3.8) is 0 Å². The quantitative estimate of drug-likeness (QED) is 0.818. The van der Waals surface area contributed by atoms with Crippen LogP contribution in [0.4, 0.5) is 5.69 Å². The van der Waals surface area contributed by atoms with Crippen LogP contribution < -0.4 is 10.5 Å². The van der Waals surface area contributed by atoms with Crippen molar-refractivity contribution in [1.82, 2.24) is 5.53 Å². The summed E-state index contributed by atoms with van der Waals surface area (Å²) in [5, 5.41) is 9.09. The van der Waals surface area contributed by atoms with Gasteiger partial charge in [0.1, 0.15) is 0 Å². The van der Waals surface area contributed by atoms with Crippen molar-refractivity contribution >= 4 is 21.6 Å². The predicted molar refractivity (Wildman–Crippen MR) is 53.8 cm³/mol. The molecular formula is C8H7BrN4. The minimum Gasteiger partial charge on any atom is -0.219 e. The fourth-order valence-corrected chi connectivity index (χ4v) is 1.29. The summed E-state index contributed by atoms with van der Waals surface area (Å²) >= 11 is 3.36. The highest BCUT2D eigenvalue weighted by Gasteiger charge is 2.13. The van der Waals surface area contributed by atoms with Gasteiger partial charge in [0.25, 0.3) is 0 Å². The molecule has 0 aromatic heterocycles. The Labute approximate surface area is 84.0 Å². The lowest BCUT2D eigenvalue weighted by Gasteiger charge is -2.15. The van der Waals surface area contributed by atoms with E-state index in [2.05, 4.69) is 38.4 Å². The third-order valence-electron chi connectivity index (χ3n) is 1.65. The first kappa shape index (κ1) is 8.25. The molecule has 1 aromatic carbocycles. The molecule has 66 valence electrons. The number of hydrogen-bond donors (Lipinski definition) is 1. The van der Waals surface area contributed by atoms with E-state index in [1.165, 1.54) is 0 Å². The summed E-state index contributed by atoms with van der Waals surface area (Å²) in [6, 6.07) is 7.78. The molecular weight excluding hydrogens is 232 g/mol. The first-order valence-electron chi connectivity index (χ1n) is 3.68. The minimum atomic E-state index is 0.585. The maximum atomic E-state index is 3.75. The Kier molecular flexibility index (Phi) is 2.02. The topological polar surface area (TPSA) is 40.0 Å². The van der Waals surface area contributed by atoms with Crippen molar-refractivity contribution in [3.05, 3.63) is 41.1 Å². The Bertz CT molecular complexity index is 357. The van der Waals surface area contributed by atoms with E-state index in [1.54, 1.807) is 5.01 Å². The Balaban J connectivity index is 2.26. The average Bonchev–Trinajstić information content (AvgIpc) is 2.53. The normalized spacial score (nSPS) is 14.8. The van der Waals surface area contributed by atoms with Gasteiger partial charge < -0.3 is 0 Å². The van der Waals surface area contributed by atoms with Crippen LogP contribution in [-0.4, -0.2) is 0 Å². The standard InChI is InChI=1S/C8H7BrN4/c1-6-10-11-12-13(6)8-4-2-7(9)3-5-8/h2-5H,1H2,(H,10,12). The SMILES string of the molecule is C=C1N=NNN1c1ccc(Br)cc1. The lowest BCUT2D eigenvalue weighted by molar-refractivity contribution is 0.773. The molecule has 13 heavy (non-hydrogen) atoms. The van der Waals surface area contributed by atoms with E-state index >= 15 is 0 Å². The van der Waals surface area contributed by atoms with Crippen molar-refractivity contribution in [2.75, 3.05) is 5.01 Å². The van der Waals surface area contributed by atoms with Crippen LogP contribution in [0.2, 0.25) is 0 Å². The number of hydrazine groups is 1. The highest BCUT2D eigenvalue weighted by atomic mass is 79.9. The van der Waals surface area contributed by atoms with Crippen molar-refractivity contribution in [2.24, 2.45) is 10.3 Å². The predicted octanol–water partition coefficient (Wildman–Crippen LogP) is 2.61. The molecule has 0 saturated carbocycles. The van der Waals surface area contributed by atoms with Gasteiger partial charge >= 0.3 is 0 Å². The molecule has 0 unspecified atom stereocenters. The van der Waals surface area contributed by atoms with Gasteiger partial charge in [-0.15, -0.1) is 5.11 Å². The Morgan fingerprint density at radius 2 is 2.00 bits per heavy atom. The summed E-state index contributed by atoms with van der Waals surface area (Å²) in [6.07, 6.45) is 0. The van der Waals surface area contributed by atoms with Gasteiger partial charge in [-0.25, -0.2) is 5.01 Å². The van der Waals surface area contributed by atoms with Gasteiger partial charge in [0, 0.05) is 4.47 Å². The monoisotopic (exact) mass is 238 g/mol. The van der Waals surface area contributed by atoms with E-state index < -0.39 is 0 Å². The van der Waals surface area contributed by atoms with Gasteiger partial charge in [0.15, 0.2) is 5.82 Å². The number of hydrogen-bond acceptors (Lipinski definition) is 4. The Morgan fingerprint density at radius 3 is 2.54 bits per heavy atom. The lowest BCUT2D eigenvalue weighted by atomic mass is 10.3. The summed E-state index contributed by atoms with van der Waals surface area (Å²) in [5.74, 6) is 0.585. The molecule has 5 heteroatoms. The molecule has 0 atom stereocenters. The molecule has 0 spiro atoms. The van der Waals surface area contributed by atoms with Crippen molar-refractivity contribution in [2.45, 2.75) is 0 Å². The number of anilines is 1. The lowest BCUT2D eigenvalue weighted by Crippen LogP contribution is -2.27. The number of halogens is 1. The van der Waals surface area contributed by atoms with E-state index in [0.29, 0.717) is 5.82 Å². The van der Waals surface area contributed by atoms with Crippen molar-refractivity contribution < 1.29 is 0 Å². The second-order valence-electron chi connectivity index (χ2n) is 2.53. The fraction of sp³-hybridized carbons (Fsp3) is 0. The molecule has 0 saturated heterocycles. The van der Waals surface area contributed by atoms with Gasteiger partial charge in [0.05, 0.1) is 5.69 Å². The number of nitrogens with one attached hydrogen (secondary N) is 1. The zero-order valence-electron chi connectivity index (χ0n) is 6.74. The summed E-state index contributed by atoms with van der Waals surface area (Å²) < 4.78 is 1.04. The molecule has 1 heterocycles. The zero-order chi connectivity index (χ0) is 9.26. The molecule has 1 N–H and O–H groups in total. The van der Waals surface area contributed by atoms with Crippen molar-refractivity contribution in [3.8, 4) is 0 Å². The summed E-state index contributed by atoms with van der Waals surface area (Å²) in [5.41, 5.74) is 3.68. The highest BCUT2D eigenvalue weighted by molar-refractivity contribution is 9.10. The van der Waals surface area contributed by atoms with Gasteiger partial charge in [-0.3, -0.25) is 0 Å². The Morgan fingerprint density at radius 1 is 1.31 bits per heavy atom. The minimum absolute atomic E-state index is 0.585. The van der Waals surface area contributed by atoms with Gasteiger partial charge in [-0.05, 0) is 24.3 Å². The van der Waals surface area contributed by atoms with E-state index in [0.717, 1.165) is 10.2 Å². The largest absolute Gasteiger partial charge is 0.219 e. The smallest absolute Gasteiger partial charge is 0.170 e. The highest BCUT2D eigenvalue weighted by Crippen LogP contribution is 2.22. The molecule has 0 bridgehead atoms. The van der Waals surface area contributed by atoms with E-state index in [4.69, 9.17) is 0 Å². The van der Waals surface area contributed by atoms with Crippen LogP contribution in [0.3, 0.4) is 0 Å². The molecule has 0 radical (unpaired) electrons. The number of nitrogens with zero attached hydrogens (tertiary/aromatic N) is 3. The molecule has 0 amide bonds. The van der Waals surface area contributed by atoms with Gasteiger partial charge in [-0.2, -0.15) is 5.53 Å². The molecule has 1 aromatic rings. The van der Waals surface area contributed by atoms with Crippen LogP contribution in [0, 0.1) is 0 Å². The maximum Gasteiger partial charge on any atom is 0.170 e. The zero-order valence-corrected chi connectivity index (χ0v) is 8.32. The molecule has 2 rings (SSSR count). The van der Waals surface area contributed by atoms with Crippen LogP contribution in [0.5, 0.6) is 0 Å². The van der Waals surface area contributed by atoms with Crippen LogP contribution in [-0.2, 0) is 0 Å². The van der Waals surface area contributed by atoms with Crippen LogP contribution in [0.15, 0.2) is 51.5 Å². The van der Waals surface area contributed by atoms with Crippen molar-refractivity contribution in [1.29, 1.82) is 0 Å². The molecule has 0 fully saturated rings. The van der Waals surface area contributed by atoms with E-state index in [-0.39, 0.29) is 0 Å². The number of rotatable bonds is 1. The number of benzene rings is 1. The first-order valence-corrected chi connectivity index (χ1v) is 4.47.